The van der Waals surface area contributed by atoms with Crippen LogP contribution in [-0.2, 0) is 9.53 Å². The largest absolute Gasteiger partial charge is 0.466 e. The first kappa shape index (κ1) is 13.5. The molecule has 0 spiro atoms. The van der Waals surface area contributed by atoms with Crippen molar-refractivity contribution in [1.82, 2.24) is 4.98 Å². The Morgan fingerprint density at radius 2 is 2.32 bits per heavy atom. The van der Waals surface area contributed by atoms with E-state index in [2.05, 4.69) is 9.88 Å². The van der Waals surface area contributed by atoms with Gasteiger partial charge < -0.3 is 21.1 Å². The van der Waals surface area contributed by atoms with Crippen LogP contribution in [0.2, 0.25) is 0 Å². The number of anilines is 3. The Hall–Kier alpha value is -1.98. The van der Waals surface area contributed by atoms with Crippen molar-refractivity contribution in [2.24, 2.45) is 5.92 Å². The molecule has 6 nitrogen and oxygen atoms in total. The molecular weight excluding hydrogens is 244 g/mol. The molecule has 4 N–H and O–H groups in total. The number of ether oxygens (including phenoxy) is 1. The summed E-state index contributed by atoms with van der Waals surface area (Å²) in [6.45, 7) is 3.73. The Kier molecular flexibility index (Phi) is 4.09. The van der Waals surface area contributed by atoms with Gasteiger partial charge in [0.1, 0.15) is 11.6 Å². The third-order valence-corrected chi connectivity index (χ3v) is 3.31. The lowest BCUT2D eigenvalue weighted by atomic mass is 9.98. The highest BCUT2D eigenvalue weighted by Gasteiger charge is 2.27. The zero-order valence-electron chi connectivity index (χ0n) is 11.1. The standard InChI is InChI=1S/C13H20N4O2/c1-2-19-13(18)9-4-3-7-17(8-9)11-6-5-10(14)12(15)16-11/h5-6,9H,2-4,7-8,14H2,1H3,(H2,15,16)/t9-/m1/s1. The number of hydrogen-bond acceptors (Lipinski definition) is 6. The predicted octanol–water partition coefficient (Wildman–Crippen LogP) is 1.03. The Morgan fingerprint density at radius 3 is 3.00 bits per heavy atom. The van der Waals surface area contributed by atoms with E-state index in [-0.39, 0.29) is 11.9 Å². The monoisotopic (exact) mass is 264 g/mol. The smallest absolute Gasteiger partial charge is 0.310 e. The van der Waals surface area contributed by atoms with Gasteiger partial charge in [-0.2, -0.15) is 0 Å². The SMILES string of the molecule is CCOC(=O)[C@@H]1CCCN(c2ccc(N)c(N)n2)C1. The third-order valence-electron chi connectivity index (χ3n) is 3.31. The highest BCUT2D eigenvalue weighted by Crippen LogP contribution is 2.24. The van der Waals surface area contributed by atoms with Crippen molar-refractivity contribution >= 4 is 23.3 Å². The van der Waals surface area contributed by atoms with Gasteiger partial charge in [-0.3, -0.25) is 4.79 Å². The molecule has 1 atom stereocenters. The molecule has 6 heteroatoms. The summed E-state index contributed by atoms with van der Waals surface area (Å²) in [5.74, 6) is 0.876. The van der Waals surface area contributed by atoms with Gasteiger partial charge in [0.2, 0.25) is 0 Å². The van der Waals surface area contributed by atoms with Crippen LogP contribution in [0, 0.1) is 5.92 Å². The number of esters is 1. The van der Waals surface area contributed by atoms with Crippen molar-refractivity contribution in [1.29, 1.82) is 0 Å². The lowest BCUT2D eigenvalue weighted by molar-refractivity contribution is -0.148. The molecule has 1 saturated heterocycles. The van der Waals surface area contributed by atoms with Crippen molar-refractivity contribution in [2.75, 3.05) is 36.1 Å². The van der Waals surface area contributed by atoms with Gasteiger partial charge in [-0.25, -0.2) is 4.98 Å². The molecule has 1 aliphatic heterocycles. The quantitative estimate of drug-likeness (QED) is 0.792. The minimum atomic E-state index is -0.129. The second-order valence-corrected chi connectivity index (χ2v) is 4.68. The number of hydrogen-bond donors (Lipinski definition) is 2. The Morgan fingerprint density at radius 1 is 1.53 bits per heavy atom. The maximum Gasteiger partial charge on any atom is 0.310 e. The van der Waals surface area contributed by atoms with E-state index in [1.165, 1.54) is 0 Å². The fourth-order valence-electron chi connectivity index (χ4n) is 2.29. The summed E-state index contributed by atoms with van der Waals surface area (Å²) in [5, 5.41) is 0. The summed E-state index contributed by atoms with van der Waals surface area (Å²) in [7, 11) is 0. The van der Waals surface area contributed by atoms with Crippen LogP contribution in [-0.4, -0.2) is 30.6 Å². The highest BCUT2D eigenvalue weighted by atomic mass is 16.5. The fourth-order valence-corrected chi connectivity index (χ4v) is 2.29. The van der Waals surface area contributed by atoms with Crippen LogP contribution in [0.1, 0.15) is 19.8 Å². The lowest BCUT2D eigenvalue weighted by Crippen LogP contribution is -2.39. The van der Waals surface area contributed by atoms with Gasteiger partial charge in [0, 0.05) is 13.1 Å². The van der Waals surface area contributed by atoms with Crippen LogP contribution in [0.3, 0.4) is 0 Å². The average Bonchev–Trinajstić information content (AvgIpc) is 2.42. The Labute approximate surface area is 112 Å². The number of piperidine rings is 1. The molecule has 0 amide bonds. The van der Waals surface area contributed by atoms with E-state index in [1.54, 1.807) is 6.07 Å². The van der Waals surface area contributed by atoms with Gasteiger partial charge in [0.25, 0.3) is 0 Å². The minimum absolute atomic E-state index is 0.0886. The van der Waals surface area contributed by atoms with Gasteiger partial charge >= 0.3 is 5.97 Å². The van der Waals surface area contributed by atoms with E-state index in [0.29, 0.717) is 24.7 Å². The molecule has 0 radical (unpaired) electrons. The van der Waals surface area contributed by atoms with Crippen molar-refractivity contribution in [3.63, 3.8) is 0 Å². The highest BCUT2D eigenvalue weighted by molar-refractivity contribution is 5.73. The number of carbonyl (C=O) groups excluding carboxylic acids is 1. The van der Waals surface area contributed by atoms with Crippen LogP contribution in [0.25, 0.3) is 0 Å². The van der Waals surface area contributed by atoms with E-state index in [4.69, 9.17) is 16.2 Å². The van der Waals surface area contributed by atoms with E-state index < -0.39 is 0 Å². The van der Waals surface area contributed by atoms with Gasteiger partial charge in [-0.1, -0.05) is 0 Å². The van der Waals surface area contributed by atoms with Gasteiger partial charge in [0.15, 0.2) is 0 Å². The van der Waals surface area contributed by atoms with E-state index in [0.717, 1.165) is 25.2 Å². The maximum atomic E-state index is 11.8. The van der Waals surface area contributed by atoms with Crippen molar-refractivity contribution in [3.8, 4) is 0 Å². The normalized spacial score (nSPS) is 19.2. The molecule has 19 heavy (non-hydrogen) atoms. The second-order valence-electron chi connectivity index (χ2n) is 4.68. The Bertz CT molecular complexity index is 464. The van der Waals surface area contributed by atoms with Crippen molar-refractivity contribution in [2.45, 2.75) is 19.8 Å². The number of nitrogens with zero attached hydrogens (tertiary/aromatic N) is 2. The second kappa shape index (κ2) is 5.77. The molecule has 0 unspecified atom stereocenters. The maximum absolute atomic E-state index is 11.8. The molecule has 104 valence electrons. The summed E-state index contributed by atoms with van der Waals surface area (Å²) >= 11 is 0. The average molecular weight is 264 g/mol. The Balaban J connectivity index is 2.08. The van der Waals surface area contributed by atoms with E-state index >= 15 is 0 Å². The first-order chi connectivity index (χ1) is 9.11. The molecule has 2 rings (SSSR count). The van der Waals surface area contributed by atoms with E-state index in [9.17, 15) is 4.79 Å². The summed E-state index contributed by atoms with van der Waals surface area (Å²) < 4.78 is 5.08. The van der Waals surface area contributed by atoms with Crippen molar-refractivity contribution < 1.29 is 9.53 Å². The predicted molar refractivity (Wildman–Crippen MR) is 74.6 cm³/mol. The summed E-state index contributed by atoms with van der Waals surface area (Å²) in [6.07, 6.45) is 1.80. The van der Waals surface area contributed by atoms with E-state index in [1.807, 2.05) is 13.0 Å². The number of nitrogen functional groups attached to an aromatic ring is 2. The molecule has 2 heterocycles. The van der Waals surface area contributed by atoms with Gasteiger partial charge in [0.05, 0.1) is 18.2 Å². The molecule has 0 bridgehead atoms. The summed E-state index contributed by atoms with van der Waals surface area (Å²) in [6, 6.07) is 3.57. The summed E-state index contributed by atoms with van der Waals surface area (Å²) in [4.78, 5) is 18.1. The third kappa shape index (κ3) is 3.07. The topological polar surface area (TPSA) is 94.5 Å². The molecule has 1 aromatic rings. The van der Waals surface area contributed by atoms with Crippen molar-refractivity contribution in [3.05, 3.63) is 12.1 Å². The molecule has 0 aliphatic carbocycles. The van der Waals surface area contributed by atoms with Crippen LogP contribution in [0.15, 0.2) is 12.1 Å². The molecular formula is C13H20N4O2. The summed E-state index contributed by atoms with van der Waals surface area (Å²) in [5.41, 5.74) is 11.8. The molecule has 0 aromatic carbocycles. The minimum Gasteiger partial charge on any atom is -0.466 e. The zero-order valence-corrected chi connectivity index (χ0v) is 11.1. The van der Waals surface area contributed by atoms with Gasteiger partial charge in [-0.15, -0.1) is 0 Å². The number of rotatable bonds is 3. The van der Waals surface area contributed by atoms with Crippen LogP contribution in [0.5, 0.6) is 0 Å². The molecule has 0 saturated carbocycles. The zero-order chi connectivity index (χ0) is 13.8. The number of aromatic nitrogens is 1. The number of nitrogens with two attached hydrogens (primary N) is 2. The van der Waals surface area contributed by atoms with Crippen LogP contribution < -0.4 is 16.4 Å². The van der Waals surface area contributed by atoms with Crippen LogP contribution >= 0.6 is 0 Å². The number of carbonyl (C=O) groups is 1. The number of pyridine rings is 1. The van der Waals surface area contributed by atoms with Gasteiger partial charge in [-0.05, 0) is 31.9 Å². The first-order valence-corrected chi connectivity index (χ1v) is 6.55. The lowest BCUT2D eigenvalue weighted by Gasteiger charge is -2.32. The molecule has 1 aromatic heterocycles. The first-order valence-electron chi connectivity index (χ1n) is 6.55. The molecule has 1 fully saturated rings. The molecule has 1 aliphatic rings. The fraction of sp³-hybridized carbons (Fsp3) is 0.538. The van der Waals surface area contributed by atoms with Crippen LogP contribution in [0.4, 0.5) is 17.3 Å².